The average Bonchev–Trinajstić information content (AvgIpc) is 2.80. The fourth-order valence-electron chi connectivity index (χ4n) is 2.82. The maximum Gasteiger partial charge on any atom is 0.328 e. The molecule has 4 N–H and O–H groups in total. The Bertz CT molecular complexity index is 943. The number of para-hydroxylation sites is 1. The topological polar surface area (TPSA) is 152 Å². The molecule has 2 aromatic rings. The number of aliphatic carboxylic acids is 2. The van der Waals surface area contributed by atoms with E-state index in [2.05, 4.69) is 9.88 Å². The number of nitrogens with zero attached hydrogens (tertiary/aromatic N) is 3. The van der Waals surface area contributed by atoms with Crippen LogP contribution in [0.2, 0.25) is 0 Å². The molecule has 31 heavy (non-hydrogen) atoms. The van der Waals surface area contributed by atoms with Crippen molar-refractivity contribution >= 4 is 28.7 Å². The van der Waals surface area contributed by atoms with Gasteiger partial charge in [-0.05, 0) is 32.6 Å². The highest BCUT2D eigenvalue weighted by atomic mass is 16.5. The van der Waals surface area contributed by atoms with Crippen LogP contribution in [0.15, 0.2) is 42.5 Å². The van der Waals surface area contributed by atoms with Gasteiger partial charge in [-0.3, -0.25) is 4.79 Å². The van der Waals surface area contributed by atoms with Gasteiger partial charge in [-0.2, -0.15) is 0 Å². The van der Waals surface area contributed by atoms with Crippen LogP contribution in [0.1, 0.15) is 16.9 Å². The minimum absolute atomic E-state index is 0. The Morgan fingerprint density at radius 1 is 1.23 bits per heavy atom. The van der Waals surface area contributed by atoms with Gasteiger partial charge in [-0.25, -0.2) is 14.6 Å². The highest BCUT2D eigenvalue weighted by Crippen LogP contribution is 2.28. The summed E-state index contributed by atoms with van der Waals surface area (Å²) in [5, 5.41) is 16.6. The van der Waals surface area contributed by atoms with E-state index in [-0.39, 0.29) is 17.5 Å². The number of hydrogen-bond acceptors (Lipinski definition) is 6. The monoisotopic (exact) mass is 433 g/mol. The van der Waals surface area contributed by atoms with E-state index in [4.69, 9.17) is 14.9 Å². The van der Waals surface area contributed by atoms with Crippen LogP contribution < -0.4 is 4.74 Å². The van der Waals surface area contributed by atoms with Crippen LogP contribution >= 0.6 is 0 Å². The van der Waals surface area contributed by atoms with E-state index in [1.54, 1.807) is 11.9 Å². The van der Waals surface area contributed by atoms with Crippen LogP contribution in [0, 0.1) is 0 Å². The third-order valence-electron chi connectivity index (χ3n) is 4.28. The predicted molar refractivity (Wildman–Crippen MR) is 114 cm³/mol. The Morgan fingerprint density at radius 3 is 2.42 bits per heavy atom. The Morgan fingerprint density at radius 2 is 1.84 bits per heavy atom. The van der Waals surface area contributed by atoms with Crippen LogP contribution in [-0.4, -0.2) is 88.7 Å². The summed E-state index contributed by atoms with van der Waals surface area (Å²) in [5.74, 6) is -2.00. The molecule has 0 fully saturated rings. The Labute approximate surface area is 179 Å². The summed E-state index contributed by atoms with van der Waals surface area (Å²) in [4.78, 5) is 40.0. The molecule has 1 aliphatic rings. The molecule has 1 atom stereocenters. The molecule has 0 bridgehead atoms. The van der Waals surface area contributed by atoms with E-state index >= 15 is 0 Å². The molecule has 0 saturated heterocycles. The normalized spacial score (nSPS) is 15.4. The Balaban J connectivity index is 0.000000461. The van der Waals surface area contributed by atoms with E-state index in [1.807, 2.05) is 44.4 Å². The molecule has 1 aromatic heterocycles. The number of carbonyl (C=O) groups is 3. The van der Waals surface area contributed by atoms with Gasteiger partial charge in [0, 0.05) is 31.1 Å². The number of likely N-dealkylation sites (N-methyl/N-ethyl adjacent to an activating group) is 1. The number of amides is 1. The lowest BCUT2D eigenvalue weighted by Gasteiger charge is -2.21. The zero-order chi connectivity index (χ0) is 22.3. The van der Waals surface area contributed by atoms with E-state index < -0.39 is 11.9 Å². The summed E-state index contributed by atoms with van der Waals surface area (Å²) in [7, 11) is 5.88. The second kappa shape index (κ2) is 11.6. The van der Waals surface area contributed by atoms with Gasteiger partial charge in [0.2, 0.25) is 0 Å². The molecule has 1 aromatic carbocycles. The van der Waals surface area contributed by atoms with Crippen LogP contribution in [-0.2, 0) is 9.59 Å². The molecule has 0 spiro atoms. The quantitative estimate of drug-likeness (QED) is 0.660. The first kappa shape index (κ1) is 25.5. The Kier molecular flexibility index (Phi) is 9.58. The summed E-state index contributed by atoms with van der Waals surface area (Å²) in [6.45, 7) is 1.50. The molecule has 3 rings (SSSR count). The molecule has 1 aliphatic heterocycles. The van der Waals surface area contributed by atoms with E-state index in [9.17, 15) is 14.4 Å². The summed E-state index contributed by atoms with van der Waals surface area (Å²) in [6.07, 6.45) is 1.97. The van der Waals surface area contributed by atoms with Crippen molar-refractivity contribution in [1.82, 2.24) is 14.8 Å². The first-order chi connectivity index (χ1) is 14.2. The zero-order valence-electron chi connectivity index (χ0n) is 17.6. The second-order valence-electron chi connectivity index (χ2n) is 7.06. The van der Waals surface area contributed by atoms with E-state index in [0.717, 1.165) is 23.9 Å². The minimum atomic E-state index is -1.26. The molecular weight excluding hydrogens is 406 g/mol. The number of carboxylic acids is 2. The van der Waals surface area contributed by atoms with Crippen molar-refractivity contribution in [3.8, 4) is 5.75 Å². The van der Waals surface area contributed by atoms with Crippen molar-refractivity contribution in [2.45, 2.75) is 12.5 Å². The fraction of sp³-hybridized carbons (Fsp3) is 0.333. The van der Waals surface area contributed by atoms with Crippen LogP contribution in [0.5, 0.6) is 5.75 Å². The van der Waals surface area contributed by atoms with E-state index in [0.29, 0.717) is 30.1 Å². The van der Waals surface area contributed by atoms with Crippen molar-refractivity contribution in [3.63, 3.8) is 0 Å². The highest BCUT2D eigenvalue weighted by molar-refractivity contribution is 5.98. The Hall–Kier alpha value is -3.50. The lowest BCUT2D eigenvalue weighted by atomic mass is 10.2. The summed E-state index contributed by atoms with van der Waals surface area (Å²) >= 11 is 0. The average molecular weight is 433 g/mol. The summed E-state index contributed by atoms with van der Waals surface area (Å²) in [5.41, 5.74) is 1.23. The number of pyridine rings is 1. The third-order valence-corrected chi connectivity index (χ3v) is 4.28. The molecule has 10 nitrogen and oxygen atoms in total. The first-order valence-electron chi connectivity index (χ1n) is 9.28. The van der Waals surface area contributed by atoms with Gasteiger partial charge in [0.05, 0.1) is 12.1 Å². The second-order valence-corrected chi connectivity index (χ2v) is 7.06. The van der Waals surface area contributed by atoms with Crippen molar-refractivity contribution in [2.75, 3.05) is 34.2 Å². The van der Waals surface area contributed by atoms with Crippen molar-refractivity contribution in [2.24, 2.45) is 0 Å². The van der Waals surface area contributed by atoms with Crippen LogP contribution in [0.4, 0.5) is 0 Å². The fourth-order valence-corrected chi connectivity index (χ4v) is 2.82. The molecule has 0 saturated carbocycles. The van der Waals surface area contributed by atoms with Crippen molar-refractivity contribution in [1.29, 1.82) is 0 Å². The number of aromatic nitrogens is 1. The number of rotatable bonds is 5. The first-order valence-corrected chi connectivity index (χ1v) is 9.28. The molecule has 2 heterocycles. The highest BCUT2D eigenvalue weighted by Gasteiger charge is 2.28. The molecule has 0 aliphatic carbocycles. The number of fused-ring (bicyclic) bond motifs is 2. The van der Waals surface area contributed by atoms with Gasteiger partial charge in [-0.1, -0.05) is 18.2 Å². The number of hydrogen-bond donors (Lipinski definition) is 2. The summed E-state index contributed by atoms with van der Waals surface area (Å²) in [6, 6.07) is 9.71. The number of ether oxygens (including phenoxy) is 1. The molecule has 168 valence electrons. The lowest BCUT2D eigenvalue weighted by Crippen LogP contribution is -2.35. The molecule has 0 radical (unpaired) electrons. The zero-order valence-corrected chi connectivity index (χ0v) is 17.6. The molecule has 1 amide bonds. The lowest BCUT2D eigenvalue weighted by molar-refractivity contribution is -0.134. The summed E-state index contributed by atoms with van der Waals surface area (Å²) < 4.78 is 6.10. The van der Waals surface area contributed by atoms with Gasteiger partial charge in [0.15, 0.2) is 11.4 Å². The van der Waals surface area contributed by atoms with Gasteiger partial charge in [0.25, 0.3) is 5.91 Å². The molecule has 1 unspecified atom stereocenters. The van der Waals surface area contributed by atoms with Gasteiger partial charge in [-0.15, -0.1) is 0 Å². The smallest absolute Gasteiger partial charge is 0.328 e. The molecular formula is C21H27N3O7. The predicted octanol–water partition coefficient (Wildman–Crippen LogP) is 0.907. The maximum atomic E-state index is 12.5. The van der Waals surface area contributed by atoms with E-state index in [1.165, 1.54) is 0 Å². The largest absolute Gasteiger partial charge is 0.486 e. The van der Waals surface area contributed by atoms with Crippen molar-refractivity contribution in [3.05, 3.63) is 48.2 Å². The maximum absolute atomic E-state index is 12.5. The number of carboxylic acid groups (broad SMARTS) is 2. The van der Waals surface area contributed by atoms with Crippen molar-refractivity contribution < 1.29 is 34.8 Å². The molecule has 10 heteroatoms. The number of benzene rings is 1. The van der Waals surface area contributed by atoms with Gasteiger partial charge >= 0.3 is 11.9 Å². The van der Waals surface area contributed by atoms with Crippen LogP contribution in [0.25, 0.3) is 10.9 Å². The third kappa shape index (κ3) is 7.68. The standard InChI is InChI=1S/C17H21N3O2.C4H4O4.H2O/c1-19(2)9-8-13-11-20(3)17(21)16-15(22-13)10-12-6-4-5-7-14(12)18-16;5-3(6)1-2-4(7)8;/h4-7,10,13H,8-9,11H2,1-3H3;1-2H,(H,5,6)(H,7,8);1H2. The van der Waals surface area contributed by atoms with Gasteiger partial charge < -0.3 is 30.2 Å². The SMILES string of the molecule is CN(C)CCC1CN(C)C(=O)c2nc3ccccc3cc2O1.O.O=C(O)C=CC(=O)O. The minimum Gasteiger partial charge on any atom is -0.486 e. The van der Waals surface area contributed by atoms with Gasteiger partial charge in [0.1, 0.15) is 6.10 Å². The number of carbonyl (C=O) groups excluding carboxylic acids is 1. The van der Waals surface area contributed by atoms with Crippen LogP contribution in [0.3, 0.4) is 0 Å².